The maximum atomic E-state index is 5.37. The lowest BCUT2D eigenvalue weighted by atomic mass is 10.2. The molecule has 2 aromatic rings. The molecule has 0 saturated carbocycles. The van der Waals surface area contributed by atoms with E-state index in [2.05, 4.69) is 31.8 Å². The van der Waals surface area contributed by atoms with Crippen molar-refractivity contribution in [3.63, 3.8) is 0 Å². The second kappa shape index (κ2) is 6.30. The number of aromatic nitrogens is 3. The molecule has 0 bridgehead atoms. The van der Waals surface area contributed by atoms with Gasteiger partial charge in [0.15, 0.2) is 10.6 Å². The van der Waals surface area contributed by atoms with E-state index >= 15 is 0 Å². The minimum absolute atomic E-state index is 0.678. The normalized spacial score (nSPS) is 16.4. The van der Waals surface area contributed by atoms with Crippen LogP contribution in [0.5, 0.6) is 0 Å². The predicted octanol–water partition coefficient (Wildman–Crippen LogP) is 1.94. The second-order valence-electron chi connectivity index (χ2n) is 4.82. The zero-order valence-corrected chi connectivity index (χ0v) is 12.1. The third kappa shape index (κ3) is 2.98. The summed E-state index contributed by atoms with van der Waals surface area (Å²) in [6.07, 6.45) is 0. The van der Waals surface area contributed by atoms with Crippen LogP contribution in [0.3, 0.4) is 0 Å². The third-order valence-corrected chi connectivity index (χ3v) is 3.85. The van der Waals surface area contributed by atoms with Gasteiger partial charge in [0.1, 0.15) is 0 Å². The minimum Gasteiger partial charge on any atom is -0.379 e. The molecular formula is C14H18N4OS. The van der Waals surface area contributed by atoms with Crippen LogP contribution in [-0.2, 0) is 11.3 Å². The molecule has 0 amide bonds. The zero-order valence-electron chi connectivity index (χ0n) is 11.3. The Bertz CT molecular complexity index is 601. The highest BCUT2D eigenvalue weighted by molar-refractivity contribution is 7.71. The largest absolute Gasteiger partial charge is 0.379 e. The van der Waals surface area contributed by atoms with Crippen molar-refractivity contribution in [3.8, 4) is 11.4 Å². The topological polar surface area (TPSA) is 46.1 Å². The smallest absolute Gasteiger partial charge is 0.195 e. The van der Waals surface area contributed by atoms with Crippen molar-refractivity contribution < 1.29 is 4.74 Å². The molecular weight excluding hydrogens is 272 g/mol. The van der Waals surface area contributed by atoms with Crippen LogP contribution in [0.2, 0.25) is 0 Å². The SMILES string of the molecule is S=c1[nH]nc(-c2ccccc2)n1CCN1CCOCC1. The van der Waals surface area contributed by atoms with Crippen LogP contribution in [-0.4, -0.2) is 52.5 Å². The Hall–Kier alpha value is -1.50. The maximum Gasteiger partial charge on any atom is 0.195 e. The molecule has 0 radical (unpaired) electrons. The lowest BCUT2D eigenvalue weighted by Crippen LogP contribution is -2.38. The number of hydrogen-bond acceptors (Lipinski definition) is 4. The summed E-state index contributed by atoms with van der Waals surface area (Å²) < 4.78 is 8.11. The Labute approximate surface area is 123 Å². The molecule has 1 aliphatic rings. The van der Waals surface area contributed by atoms with E-state index < -0.39 is 0 Å². The molecule has 1 aromatic heterocycles. The van der Waals surface area contributed by atoms with Crippen LogP contribution in [0.1, 0.15) is 0 Å². The number of nitrogens with zero attached hydrogens (tertiary/aromatic N) is 3. The molecule has 1 fully saturated rings. The Kier molecular flexibility index (Phi) is 4.25. The van der Waals surface area contributed by atoms with Crippen LogP contribution >= 0.6 is 12.2 Å². The first-order chi connectivity index (χ1) is 9.84. The standard InChI is InChI=1S/C14H18N4OS/c20-14-16-15-13(12-4-2-1-3-5-12)18(14)7-6-17-8-10-19-11-9-17/h1-5H,6-11H2,(H,16,20). The molecule has 2 heterocycles. The minimum atomic E-state index is 0.678. The average molecular weight is 290 g/mol. The van der Waals surface area contributed by atoms with E-state index in [1.807, 2.05) is 18.2 Å². The zero-order chi connectivity index (χ0) is 13.8. The van der Waals surface area contributed by atoms with Gasteiger partial charge in [-0.1, -0.05) is 30.3 Å². The number of aromatic amines is 1. The molecule has 0 spiro atoms. The van der Waals surface area contributed by atoms with Crippen LogP contribution in [0.15, 0.2) is 30.3 Å². The van der Waals surface area contributed by atoms with E-state index in [1.165, 1.54) is 0 Å². The summed E-state index contributed by atoms with van der Waals surface area (Å²) in [4.78, 5) is 2.40. The summed E-state index contributed by atoms with van der Waals surface area (Å²) >= 11 is 5.34. The molecule has 0 unspecified atom stereocenters. The molecule has 5 nitrogen and oxygen atoms in total. The van der Waals surface area contributed by atoms with Crippen molar-refractivity contribution in [1.29, 1.82) is 0 Å². The molecule has 6 heteroatoms. The highest BCUT2D eigenvalue weighted by Gasteiger charge is 2.13. The first-order valence-corrected chi connectivity index (χ1v) is 7.26. The fourth-order valence-electron chi connectivity index (χ4n) is 2.40. The molecule has 3 rings (SSSR count). The summed E-state index contributed by atoms with van der Waals surface area (Å²) in [6.45, 7) is 5.44. The van der Waals surface area contributed by atoms with Gasteiger partial charge in [-0.15, -0.1) is 0 Å². The number of nitrogens with one attached hydrogen (secondary N) is 1. The van der Waals surface area contributed by atoms with Crippen molar-refractivity contribution in [3.05, 3.63) is 35.1 Å². The summed E-state index contributed by atoms with van der Waals surface area (Å²) in [7, 11) is 0. The quantitative estimate of drug-likeness (QED) is 0.874. The Morgan fingerprint density at radius 2 is 1.90 bits per heavy atom. The van der Waals surface area contributed by atoms with E-state index in [9.17, 15) is 0 Å². The van der Waals surface area contributed by atoms with Crippen LogP contribution in [0.4, 0.5) is 0 Å². The van der Waals surface area contributed by atoms with Gasteiger partial charge in [0.25, 0.3) is 0 Å². The fraction of sp³-hybridized carbons (Fsp3) is 0.429. The Morgan fingerprint density at radius 3 is 2.65 bits per heavy atom. The number of rotatable bonds is 4. The summed E-state index contributed by atoms with van der Waals surface area (Å²) in [5.74, 6) is 0.906. The molecule has 20 heavy (non-hydrogen) atoms. The van der Waals surface area contributed by atoms with Gasteiger partial charge in [0.05, 0.1) is 13.2 Å². The van der Waals surface area contributed by atoms with Crippen molar-refractivity contribution in [2.45, 2.75) is 6.54 Å². The lowest BCUT2D eigenvalue weighted by Gasteiger charge is -2.26. The van der Waals surface area contributed by atoms with E-state index in [1.54, 1.807) is 0 Å². The van der Waals surface area contributed by atoms with Crippen LogP contribution < -0.4 is 0 Å². The van der Waals surface area contributed by atoms with Gasteiger partial charge < -0.3 is 4.74 Å². The Morgan fingerprint density at radius 1 is 1.15 bits per heavy atom. The van der Waals surface area contributed by atoms with Gasteiger partial charge in [-0.3, -0.25) is 14.6 Å². The molecule has 1 N–H and O–H groups in total. The van der Waals surface area contributed by atoms with Gasteiger partial charge in [0.2, 0.25) is 0 Å². The van der Waals surface area contributed by atoms with Crippen LogP contribution in [0.25, 0.3) is 11.4 Å². The summed E-state index contributed by atoms with van der Waals surface area (Å²) in [6, 6.07) is 10.1. The van der Waals surface area contributed by atoms with E-state index in [4.69, 9.17) is 17.0 Å². The maximum absolute atomic E-state index is 5.37. The molecule has 1 aromatic carbocycles. The predicted molar refractivity (Wildman–Crippen MR) is 80.1 cm³/mol. The highest BCUT2D eigenvalue weighted by atomic mass is 32.1. The van der Waals surface area contributed by atoms with Gasteiger partial charge in [-0.05, 0) is 12.2 Å². The molecule has 1 saturated heterocycles. The summed E-state index contributed by atoms with van der Waals surface area (Å²) in [5.41, 5.74) is 1.09. The number of hydrogen-bond donors (Lipinski definition) is 1. The average Bonchev–Trinajstić information content (AvgIpc) is 2.88. The Balaban J connectivity index is 1.76. The van der Waals surface area contributed by atoms with Crippen molar-refractivity contribution in [1.82, 2.24) is 19.7 Å². The van der Waals surface area contributed by atoms with Crippen LogP contribution in [0, 0.1) is 4.77 Å². The summed E-state index contributed by atoms with van der Waals surface area (Å²) in [5, 5.41) is 7.25. The fourth-order valence-corrected chi connectivity index (χ4v) is 2.62. The number of benzene rings is 1. The van der Waals surface area contributed by atoms with E-state index in [0.717, 1.165) is 50.8 Å². The number of H-pyrrole nitrogens is 1. The first-order valence-electron chi connectivity index (χ1n) is 6.85. The molecule has 106 valence electrons. The first kappa shape index (κ1) is 13.5. The van der Waals surface area contributed by atoms with Gasteiger partial charge >= 0.3 is 0 Å². The van der Waals surface area contributed by atoms with E-state index in [0.29, 0.717) is 4.77 Å². The molecule has 0 aliphatic carbocycles. The second-order valence-corrected chi connectivity index (χ2v) is 5.21. The van der Waals surface area contributed by atoms with E-state index in [-0.39, 0.29) is 0 Å². The number of ether oxygens (including phenoxy) is 1. The third-order valence-electron chi connectivity index (χ3n) is 3.53. The molecule has 1 aliphatic heterocycles. The number of morpholine rings is 1. The molecule has 0 atom stereocenters. The van der Waals surface area contributed by atoms with Crippen molar-refractivity contribution >= 4 is 12.2 Å². The highest BCUT2D eigenvalue weighted by Crippen LogP contribution is 2.16. The van der Waals surface area contributed by atoms with Gasteiger partial charge in [-0.25, -0.2) is 0 Å². The van der Waals surface area contributed by atoms with Gasteiger partial charge in [0, 0.05) is 31.7 Å². The van der Waals surface area contributed by atoms with Crippen molar-refractivity contribution in [2.75, 3.05) is 32.8 Å². The monoisotopic (exact) mass is 290 g/mol. The van der Waals surface area contributed by atoms with Gasteiger partial charge in [-0.2, -0.15) is 5.10 Å². The lowest BCUT2D eigenvalue weighted by molar-refractivity contribution is 0.0364. The van der Waals surface area contributed by atoms with Crippen molar-refractivity contribution in [2.24, 2.45) is 0 Å².